The Bertz CT molecular complexity index is 717. The van der Waals surface area contributed by atoms with Gasteiger partial charge in [-0.1, -0.05) is 12.1 Å². The number of hydrogen-bond donors (Lipinski definition) is 1. The van der Waals surface area contributed by atoms with Gasteiger partial charge in [0.05, 0.1) is 11.4 Å². The van der Waals surface area contributed by atoms with Crippen LogP contribution in [0.15, 0.2) is 52.1 Å². The average molecular weight is 356 g/mol. The number of anilines is 2. The molecule has 1 N–H and O–H groups in total. The van der Waals surface area contributed by atoms with E-state index in [1.54, 1.807) is 12.1 Å². The Balaban J connectivity index is 2.39. The molecule has 106 valence electrons. The number of halogens is 1. The van der Waals surface area contributed by atoms with Crippen LogP contribution < -0.4 is 9.62 Å². The minimum Gasteiger partial charge on any atom is -0.376 e. The first-order valence-electron chi connectivity index (χ1n) is 5.80. The lowest BCUT2D eigenvalue weighted by molar-refractivity contribution is 0.600. The molecule has 1 aromatic carbocycles. The van der Waals surface area contributed by atoms with Crippen molar-refractivity contribution in [2.45, 2.75) is 4.90 Å². The van der Waals surface area contributed by atoms with Crippen LogP contribution in [0.5, 0.6) is 0 Å². The van der Waals surface area contributed by atoms with E-state index in [0.717, 1.165) is 5.69 Å². The Hall–Kier alpha value is -1.60. The highest BCUT2D eigenvalue weighted by Gasteiger charge is 2.17. The molecule has 1 aromatic heterocycles. The number of rotatable bonds is 4. The first kappa shape index (κ1) is 14.8. The van der Waals surface area contributed by atoms with Gasteiger partial charge in [-0.3, -0.25) is 9.71 Å². The smallest absolute Gasteiger partial charge is 0.263 e. The number of pyridine rings is 1. The normalized spacial score (nSPS) is 11.2. The van der Waals surface area contributed by atoms with E-state index < -0.39 is 10.0 Å². The molecule has 0 saturated heterocycles. The predicted molar refractivity (Wildman–Crippen MR) is 83.5 cm³/mol. The van der Waals surface area contributed by atoms with E-state index in [4.69, 9.17) is 0 Å². The van der Waals surface area contributed by atoms with Gasteiger partial charge in [0.1, 0.15) is 4.90 Å². The zero-order valence-electron chi connectivity index (χ0n) is 11.0. The van der Waals surface area contributed by atoms with Gasteiger partial charge in [-0.2, -0.15) is 0 Å². The van der Waals surface area contributed by atoms with Gasteiger partial charge in [0.25, 0.3) is 10.0 Å². The van der Waals surface area contributed by atoms with Crippen LogP contribution in [-0.2, 0) is 10.0 Å². The highest BCUT2D eigenvalue weighted by atomic mass is 79.9. The van der Waals surface area contributed by atoms with Gasteiger partial charge in [-0.25, -0.2) is 8.42 Å². The zero-order chi connectivity index (χ0) is 14.8. The lowest BCUT2D eigenvalue weighted by Gasteiger charge is -2.18. The van der Waals surface area contributed by atoms with Crippen LogP contribution in [0.4, 0.5) is 11.4 Å². The number of benzene rings is 1. The fourth-order valence-corrected chi connectivity index (χ4v) is 3.27. The second-order valence-corrected chi connectivity index (χ2v) is 6.95. The first-order chi connectivity index (χ1) is 9.40. The van der Waals surface area contributed by atoms with E-state index in [-0.39, 0.29) is 4.90 Å². The Morgan fingerprint density at radius 3 is 2.55 bits per heavy atom. The third-order valence-corrected chi connectivity index (χ3v) is 4.39. The largest absolute Gasteiger partial charge is 0.376 e. The monoisotopic (exact) mass is 355 g/mol. The number of sulfonamides is 1. The SMILES string of the molecule is CN(C)c1ccccc1NS(=O)(=O)c1cncc(Br)c1. The van der Waals surface area contributed by atoms with Crippen molar-refractivity contribution in [1.82, 2.24) is 4.98 Å². The van der Waals surface area contributed by atoms with Crippen molar-refractivity contribution in [2.75, 3.05) is 23.7 Å². The molecular formula is C13H14BrN3O2S. The second-order valence-electron chi connectivity index (χ2n) is 4.36. The first-order valence-corrected chi connectivity index (χ1v) is 8.07. The third-order valence-electron chi connectivity index (χ3n) is 2.62. The van der Waals surface area contributed by atoms with E-state index in [1.807, 2.05) is 31.1 Å². The van der Waals surface area contributed by atoms with Gasteiger partial charge >= 0.3 is 0 Å². The van der Waals surface area contributed by atoms with Crippen LogP contribution in [0.3, 0.4) is 0 Å². The summed E-state index contributed by atoms with van der Waals surface area (Å²) in [5.74, 6) is 0. The van der Waals surface area contributed by atoms with Gasteiger partial charge < -0.3 is 4.90 Å². The van der Waals surface area contributed by atoms with Crippen molar-refractivity contribution >= 4 is 37.3 Å². The number of aromatic nitrogens is 1. The number of nitrogens with one attached hydrogen (secondary N) is 1. The lowest BCUT2D eigenvalue weighted by Crippen LogP contribution is -2.17. The molecular weight excluding hydrogens is 342 g/mol. The summed E-state index contributed by atoms with van der Waals surface area (Å²) in [6.07, 6.45) is 2.85. The van der Waals surface area contributed by atoms with E-state index in [0.29, 0.717) is 10.2 Å². The molecule has 0 aliphatic rings. The standard InChI is InChI=1S/C13H14BrN3O2S/c1-17(2)13-6-4-3-5-12(13)16-20(18,19)11-7-10(14)8-15-9-11/h3-9,16H,1-2H3. The van der Waals surface area contributed by atoms with Crippen molar-refractivity contribution in [3.05, 3.63) is 47.2 Å². The molecule has 0 aliphatic carbocycles. The van der Waals surface area contributed by atoms with Crippen molar-refractivity contribution in [3.63, 3.8) is 0 Å². The summed E-state index contributed by atoms with van der Waals surface area (Å²) in [5, 5.41) is 0. The van der Waals surface area contributed by atoms with Gasteiger partial charge in [-0.15, -0.1) is 0 Å². The summed E-state index contributed by atoms with van der Waals surface area (Å²) in [7, 11) is 0.0489. The average Bonchev–Trinajstić information content (AvgIpc) is 2.38. The molecule has 5 nitrogen and oxygen atoms in total. The molecule has 7 heteroatoms. The Labute approximate surface area is 126 Å². The highest BCUT2D eigenvalue weighted by Crippen LogP contribution is 2.26. The summed E-state index contributed by atoms with van der Waals surface area (Å²) in [5.41, 5.74) is 1.32. The fraction of sp³-hybridized carbons (Fsp3) is 0.154. The maximum Gasteiger partial charge on any atom is 0.263 e. The van der Waals surface area contributed by atoms with Crippen LogP contribution >= 0.6 is 15.9 Å². The van der Waals surface area contributed by atoms with Gasteiger partial charge in [0.15, 0.2) is 0 Å². The quantitative estimate of drug-likeness (QED) is 0.915. The predicted octanol–water partition coefficient (Wildman–Crippen LogP) is 2.71. The maximum absolute atomic E-state index is 12.3. The summed E-state index contributed by atoms with van der Waals surface area (Å²) < 4.78 is 27.9. The molecule has 0 spiro atoms. The Kier molecular flexibility index (Phi) is 4.29. The fourth-order valence-electron chi connectivity index (χ4n) is 1.69. The molecule has 2 aromatic rings. The van der Waals surface area contributed by atoms with Crippen LogP contribution in [-0.4, -0.2) is 27.5 Å². The molecule has 1 heterocycles. The maximum atomic E-state index is 12.3. The molecule has 0 saturated carbocycles. The lowest BCUT2D eigenvalue weighted by atomic mass is 10.2. The van der Waals surface area contributed by atoms with E-state index in [1.165, 1.54) is 18.5 Å². The molecule has 0 aliphatic heterocycles. The minimum absolute atomic E-state index is 0.112. The van der Waals surface area contributed by atoms with Gasteiger partial charge in [-0.05, 0) is 34.1 Å². The molecule has 0 bridgehead atoms. The number of para-hydroxylation sites is 2. The number of nitrogens with zero attached hydrogens (tertiary/aromatic N) is 2. The topological polar surface area (TPSA) is 62.3 Å². The third kappa shape index (κ3) is 3.29. The molecule has 0 amide bonds. The van der Waals surface area contributed by atoms with Gasteiger partial charge in [0, 0.05) is 31.0 Å². The molecule has 0 radical (unpaired) electrons. The van der Waals surface area contributed by atoms with E-state index in [2.05, 4.69) is 25.6 Å². The zero-order valence-corrected chi connectivity index (χ0v) is 13.4. The summed E-state index contributed by atoms with van der Waals surface area (Å²) >= 11 is 3.21. The molecule has 20 heavy (non-hydrogen) atoms. The minimum atomic E-state index is -3.66. The molecule has 0 unspecified atom stereocenters. The van der Waals surface area contributed by atoms with E-state index in [9.17, 15) is 8.42 Å². The summed E-state index contributed by atoms with van der Waals surface area (Å²) in [6, 6.07) is 8.71. The van der Waals surface area contributed by atoms with Gasteiger partial charge in [0.2, 0.25) is 0 Å². The molecule has 0 atom stereocenters. The van der Waals surface area contributed by atoms with Crippen molar-refractivity contribution < 1.29 is 8.42 Å². The van der Waals surface area contributed by atoms with Crippen molar-refractivity contribution in [2.24, 2.45) is 0 Å². The highest BCUT2D eigenvalue weighted by molar-refractivity contribution is 9.10. The number of hydrogen-bond acceptors (Lipinski definition) is 4. The summed E-state index contributed by atoms with van der Waals surface area (Å²) in [6.45, 7) is 0. The van der Waals surface area contributed by atoms with Crippen LogP contribution in [0, 0.1) is 0 Å². The van der Waals surface area contributed by atoms with Crippen LogP contribution in [0.2, 0.25) is 0 Å². The van der Waals surface area contributed by atoms with Crippen LogP contribution in [0.1, 0.15) is 0 Å². The van der Waals surface area contributed by atoms with E-state index >= 15 is 0 Å². The second kappa shape index (κ2) is 5.80. The van der Waals surface area contributed by atoms with Crippen LogP contribution in [0.25, 0.3) is 0 Å². The van der Waals surface area contributed by atoms with Crippen molar-refractivity contribution in [1.29, 1.82) is 0 Å². The van der Waals surface area contributed by atoms with Crippen molar-refractivity contribution in [3.8, 4) is 0 Å². The Morgan fingerprint density at radius 1 is 1.20 bits per heavy atom. The molecule has 0 fully saturated rings. The summed E-state index contributed by atoms with van der Waals surface area (Å²) in [4.78, 5) is 5.83. The Morgan fingerprint density at radius 2 is 1.90 bits per heavy atom. The molecule has 2 rings (SSSR count).